The summed E-state index contributed by atoms with van der Waals surface area (Å²) in [5.41, 5.74) is 4.59. The third-order valence-electron chi connectivity index (χ3n) is 3.75. The number of urea groups is 1. The number of para-hydroxylation sites is 1. The van der Waals surface area contributed by atoms with Crippen LogP contribution in [0.1, 0.15) is 5.56 Å². The summed E-state index contributed by atoms with van der Waals surface area (Å²) in [7, 11) is 0. The summed E-state index contributed by atoms with van der Waals surface area (Å²) >= 11 is 0. The van der Waals surface area contributed by atoms with Gasteiger partial charge in [0.1, 0.15) is 6.54 Å². The lowest BCUT2D eigenvalue weighted by molar-refractivity contribution is -0.130. The van der Waals surface area contributed by atoms with Crippen molar-refractivity contribution in [2.45, 2.75) is 6.54 Å². The average Bonchev–Trinajstić information content (AvgIpc) is 2.95. The number of nitrogens with zero attached hydrogens (tertiary/aromatic N) is 2. The number of amides is 4. The van der Waals surface area contributed by atoms with Gasteiger partial charge in [0.25, 0.3) is 11.8 Å². The van der Waals surface area contributed by atoms with E-state index in [0.29, 0.717) is 6.54 Å². The predicted octanol–water partition coefficient (Wildman–Crippen LogP) is 1.28. The third kappa shape index (κ3) is 4.14. The molecule has 1 aliphatic heterocycles. The Balaban J connectivity index is 1.72. The summed E-state index contributed by atoms with van der Waals surface area (Å²) in [5, 5.41) is 4.08. The molecule has 1 fully saturated rings. The van der Waals surface area contributed by atoms with Gasteiger partial charge in [-0.1, -0.05) is 48.5 Å². The molecule has 1 heterocycles. The molecular weight excluding hydrogens is 320 g/mol. The molecule has 7 nitrogen and oxygen atoms in total. The van der Waals surface area contributed by atoms with Crippen molar-refractivity contribution in [2.24, 2.45) is 0 Å². The number of hydrogen-bond acceptors (Lipinski definition) is 4. The molecule has 2 N–H and O–H groups in total. The molecule has 0 atom stereocenters. The van der Waals surface area contributed by atoms with E-state index in [-0.39, 0.29) is 13.1 Å². The number of anilines is 1. The zero-order chi connectivity index (χ0) is 17.6. The van der Waals surface area contributed by atoms with Gasteiger partial charge in [-0.3, -0.25) is 24.9 Å². The molecule has 2 aromatic rings. The summed E-state index contributed by atoms with van der Waals surface area (Å²) < 4.78 is 0. The minimum absolute atomic E-state index is 0.0709. The first-order chi connectivity index (χ1) is 12.1. The molecule has 0 spiro atoms. The van der Waals surface area contributed by atoms with Crippen LogP contribution in [0, 0.1) is 0 Å². The number of imide groups is 1. The maximum atomic E-state index is 12.3. The zero-order valence-electron chi connectivity index (χ0n) is 13.5. The molecule has 128 valence electrons. The SMILES string of the molecule is O=C(CN1C(=O)CNC1=O)NN(Cc1ccccc1)c1ccccc1. The topological polar surface area (TPSA) is 81.8 Å². The number of carbonyl (C=O) groups is 3. The fourth-order valence-corrected chi connectivity index (χ4v) is 2.51. The first kappa shape index (κ1) is 16.5. The second-order valence-electron chi connectivity index (χ2n) is 5.58. The summed E-state index contributed by atoms with van der Waals surface area (Å²) in [5.74, 6) is -0.848. The van der Waals surface area contributed by atoms with Crippen molar-refractivity contribution in [1.82, 2.24) is 15.6 Å². The highest BCUT2D eigenvalue weighted by molar-refractivity contribution is 6.04. The number of hydrogen-bond donors (Lipinski definition) is 2. The molecule has 1 saturated heterocycles. The third-order valence-corrected chi connectivity index (χ3v) is 3.75. The first-order valence-corrected chi connectivity index (χ1v) is 7.87. The molecule has 7 heteroatoms. The smallest absolute Gasteiger partial charge is 0.325 e. The van der Waals surface area contributed by atoms with Gasteiger partial charge in [-0.25, -0.2) is 4.79 Å². The molecule has 3 rings (SSSR count). The van der Waals surface area contributed by atoms with Gasteiger partial charge in [0.15, 0.2) is 0 Å². The second-order valence-corrected chi connectivity index (χ2v) is 5.58. The van der Waals surface area contributed by atoms with Gasteiger partial charge in [-0.2, -0.15) is 0 Å². The summed E-state index contributed by atoms with van der Waals surface area (Å²) in [6.07, 6.45) is 0. The number of nitrogens with one attached hydrogen (secondary N) is 2. The lowest BCUT2D eigenvalue weighted by Gasteiger charge is -2.26. The Morgan fingerprint density at radius 1 is 1.04 bits per heavy atom. The highest BCUT2D eigenvalue weighted by atomic mass is 16.2. The molecule has 4 amide bonds. The van der Waals surface area contributed by atoms with Crippen molar-refractivity contribution in [3.8, 4) is 0 Å². The monoisotopic (exact) mass is 338 g/mol. The summed E-state index contributed by atoms with van der Waals surface area (Å²) in [6, 6.07) is 18.5. The van der Waals surface area contributed by atoms with E-state index in [0.717, 1.165) is 16.2 Å². The van der Waals surface area contributed by atoms with E-state index in [9.17, 15) is 14.4 Å². The van der Waals surface area contributed by atoms with Gasteiger partial charge in [-0.05, 0) is 17.7 Å². The van der Waals surface area contributed by atoms with E-state index >= 15 is 0 Å². The van der Waals surface area contributed by atoms with Crippen LogP contribution in [0.5, 0.6) is 0 Å². The van der Waals surface area contributed by atoms with Crippen LogP contribution in [0.2, 0.25) is 0 Å². The van der Waals surface area contributed by atoms with Gasteiger partial charge in [0.05, 0.1) is 18.8 Å². The van der Waals surface area contributed by atoms with Crippen molar-refractivity contribution in [2.75, 3.05) is 18.1 Å². The van der Waals surface area contributed by atoms with E-state index in [4.69, 9.17) is 0 Å². The van der Waals surface area contributed by atoms with E-state index in [2.05, 4.69) is 10.7 Å². The Labute approximate surface area is 145 Å². The largest absolute Gasteiger partial charge is 0.329 e. The van der Waals surface area contributed by atoms with Gasteiger partial charge < -0.3 is 5.32 Å². The Kier molecular flexibility index (Phi) is 4.94. The van der Waals surface area contributed by atoms with Crippen LogP contribution in [-0.2, 0) is 16.1 Å². The molecule has 2 aromatic carbocycles. The van der Waals surface area contributed by atoms with Crippen LogP contribution >= 0.6 is 0 Å². The van der Waals surface area contributed by atoms with Crippen molar-refractivity contribution in [1.29, 1.82) is 0 Å². The Hall–Kier alpha value is -3.35. The zero-order valence-corrected chi connectivity index (χ0v) is 13.5. The number of benzene rings is 2. The van der Waals surface area contributed by atoms with Crippen LogP contribution in [-0.4, -0.2) is 35.8 Å². The van der Waals surface area contributed by atoms with E-state index in [1.54, 1.807) is 5.01 Å². The van der Waals surface area contributed by atoms with Gasteiger partial charge in [0, 0.05) is 0 Å². The van der Waals surface area contributed by atoms with Gasteiger partial charge in [0.2, 0.25) is 0 Å². The van der Waals surface area contributed by atoms with Gasteiger partial charge >= 0.3 is 6.03 Å². The van der Waals surface area contributed by atoms with Gasteiger partial charge in [-0.15, -0.1) is 0 Å². The number of hydrazine groups is 1. The molecule has 0 unspecified atom stereocenters. The standard InChI is InChI=1S/C18H18N4O3/c23-16(13-21-17(24)11-19-18(21)25)20-22(15-9-5-2-6-10-15)12-14-7-3-1-4-8-14/h1-10H,11-13H2,(H,19,25)(H,20,23). The van der Waals surface area contributed by atoms with E-state index < -0.39 is 17.8 Å². The van der Waals surface area contributed by atoms with Crippen molar-refractivity contribution in [3.63, 3.8) is 0 Å². The van der Waals surface area contributed by atoms with Crippen LogP contribution in [0.4, 0.5) is 10.5 Å². The number of rotatable bonds is 6. The van der Waals surface area contributed by atoms with Crippen LogP contribution in [0.15, 0.2) is 60.7 Å². The quantitative estimate of drug-likeness (QED) is 0.614. The normalized spacial score (nSPS) is 13.5. The Morgan fingerprint density at radius 2 is 1.68 bits per heavy atom. The van der Waals surface area contributed by atoms with Crippen LogP contribution < -0.4 is 15.8 Å². The molecule has 25 heavy (non-hydrogen) atoms. The minimum atomic E-state index is -0.547. The predicted molar refractivity (Wildman–Crippen MR) is 92.3 cm³/mol. The molecular formula is C18H18N4O3. The lowest BCUT2D eigenvalue weighted by atomic mass is 10.2. The van der Waals surface area contributed by atoms with Crippen LogP contribution in [0.3, 0.4) is 0 Å². The molecule has 0 saturated carbocycles. The molecule has 1 aliphatic rings. The Bertz CT molecular complexity index is 748. The maximum absolute atomic E-state index is 12.3. The fourth-order valence-electron chi connectivity index (χ4n) is 2.51. The average molecular weight is 338 g/mol. The second kappa shape index (κ2) is 7.48. The Morgan fingerprint density at radius 3 is 2.28 bits per heavy atom. The van der Waals surface area contributed by atoms with Crippen molar-refractivity contribution < 1.29 is 14.4 Å². The highest BCUT2D eigenvalue weighted by Crippen LogP contribution is 2.14. The molecule has 0 bridgehead atoms. The van der Waals surface area contributed by atoms with E-state index in [1.165, 1.54) is 0 Å². The molecule has 0 aromatic heterocycles. The maximum Gasteiger partial charge on any atom is 0.325 e. The van der Waals surface area contributed by atoms with Crippen LogP contribution in [0.25, 0.3) is 0 Å². The number of carbonyl (C=O) groups excluding carboxylic acids is 3. The molecule has 0 aliphatic carbocycles. The fraction of sp³-hybridized carbons (Fsp3) is 0.167. The highest BCUT2D eigenvalue weighted by Gasteiger charge is 2.30. The molecule has 0 radical (unpaired) electrons. The summed E-state index contributed by atoms with van der Waals surface area (Å²) in [6.45, 7) is 0.0675. The first-order valence-electron chi connectivity index (χ1n) is 7.87. The summed E-state index contributed by atoms with van der Waals surface area (Å²) in [4.78, 5) is 36.4. The van der Waals surface area contributed by atoms with E-state index in [1.807, 2.05) is 60.7 Å². The minimum Gasteiger partial charge on any atom is -0.329 e. The van der Waals surface area contributed by atoms with Crippen molar-refractivity contribution in [3.05, 3.63) is 66.2 Å². The van der Waals surface area contributed by atoms with Crippen molar-refractivity contribution >= 4 is 23.5 Å². The lowest BCUT2D eigenvalue weighted by Crippen LogP contribution is -2.48.